The Labute approximate surface area is 154 Å². The molecule has 3 aromatic heterocycles. The molecule has 5 rings (SSSR count). The second-order valence-electron chi connectivity index (χ2n) is 6.83. The number of anilines is 1. The number of rotatable bonds is 4. The molecule has 27 heavy (non-hydrogen) atoms. The van der Waals surface area contributed by atoms with E-state index in [9.17, 15) is 4.79 Å². The van der Waals surface area contributed by atoms with Crippen molar-refractivity contribution in [1.29, 1.82) is 0 Å². The van der Waals surface area contributed by atoms with E-state index in [2.05, 4.69) is 29.9 Å². The Bertz CT molecular complexity index is 1140. The van der Waals surface area contributed by atoms with Gasteiger partial charge in [-0.3, -0.25) is 9.78 Å². The van der Waals surface area contributed by atoms with Crippen molar-refractivity contribution in [3.63, 3.8) is 0 Å². The fraction of sp³-hybridized carbons (Fsp3) is 0.263. The van der Waals surface area contributed by atoms with Gasteiger partial charge in [-0.2, -0.15) is 10.1 Å². The van der Waals surface area contributed by atoms with E-state index < -0.39 is 0 Å². The minimum atomic E-state index is -0.190. The van der Waals surface area contributed by atoms with E-state index in [1.807, 2.05) is 42.7 Å². The number of hydrogen-bond acceptors (Lipinski definition) is 5. The molecule has 8 heteroatoms. The van der Waals surface area contributed by atoms with Gasteiger partial charge in [0.25, 0.3) is 5.56 Å². The summed E-state index contributed by atoms with van der Waals surface area (Å²) in [4.78, 5) is 24.2. The lowest BCUT2D eigenvalue weighted by atomic mass is 9.99. The van der Waals surface area contributed by atoms with Crippen LogP contribution in [0, 0.1) is 5.92 Å². The maximum Gasteiger partial charge on any atom is 0.263 e. The van der Waals surface area contributed by atoms with Gasteiger partial charge in [-0.05, 0) is 24.5 Å². The normalized spacial score (nSPS) is 16.4. The van der Waals surface area contributed by atoms with Crippen LogP contribution >= 0.6 is 0 Å². The first-order valence-electron chi connectivity index (χ1n) is 9.05. The zero-order valence-corrected chi connectivity index (χ0v) is 14.7. The molecule has 0 aliphatic carbocycles. The van der Waals surface area contributed by atoms with Crippen molar-refractivity contribution < 1.29 is 0 Å². The van der Waals surface area contributed by atoms with Crippen molar-refractivity contribution >= 4 is 17.0 Å². The lowest BCUT2D eigenvalue weighted by molar-refractivity contribution is 0.380. The summed E-state index contributed by atoms with van der Waals surface area (Å²) in [7, 11) is 0. The largest absolute Gasteiger partial charge is 0.355 e. The standard InChI is InChI=1S/C19H19N7O/c27-18-15-11-22-26(14-4-2-1-3-5-14)17(15)23-19(24-18)21-10-13-6-7-16-20-8-9-25(16)12-13/h1-5,8-9,11,13H,6-7,10,12H2,(H2,21,23,24,27). The third-order valence-corrected chi connectivity index (χ3v) is 5.03. The van der Waals surface area contributed by atoms with Gasteiger partial charge in [-0.25, -0.2) is 9.67 Å². The van der Waals surface area contributed by atoms with Crippen LogP contribution < -0.4 is 10.9 Å². The Morgan fingerprint density at radius 2 is 2.15 bits per heavy atom. The average Bonchev–Trinajstić information content (AvgIpc) is 3.33. The van der Waals surface area contributed by atoms with Crippen LogP contribution in [0.3, 0.4) is 0 Å². The molecule has 0 amide bonds. The number of H-pyrrole nitrogens is 1. The van der Waals surface area contributed by atoms with E-state index in [1.165, 1.54) is 0 Å². The Kier molecular flexibility index (Phi) is 3.74. The predicted molar refractivity (Wildman–Crippen MR) is 102 cm³/mol. The average molecular weight is 361 g/mol. The number of nitrogens with zero attached hydrogens (tertiary/aromatic N) is 5. The summed E-state index contributed by atoms with van der Waals surface area (Å²) in [6.45, 7) is 1.67. The van der Waals surface area contributed by atoms with Crippen LogP contribution in [0.4, 0.5) is 5.95 Å². The summed E-state index contributed by atoms with van der Waals surface area (Å²) in [6.07, 6.45) is 7.47. The van der Waals surface area contributed by atoms with Gasteiger partial charge in [-0.1, -0.05) is 18.2 Å². The number of aromatic nitrogens is 6. The highest BCUT2D eigenvalue weighted by atomic mass is 16.1. The number of aromatic amines is 1. The summed E-state index contributed by atoms with van der Waals surface area (Å²) >= 11 is 0. The van der Waals surface area contributed by atoms with Gasteiger partial charge in [0.2, 0.25) is 5.95 Å². The van der Waals surface area contributed by atoms with Gasteiger partial charge < -0.3 is 9.88 Å². The molecule has 1 atom stereocenters. The number of hydrogen-bond donors (Lipinski definition) is 2. The van der Waals surface area contributed by atoms with Gasteiger partial charge >= 0.3 is 0 Å². The summed E-state index contributed by atoms with van der Waals surface area (Å²) in [5, 5.41) is 8.11. The Morgan fingerprint density at radius 3 is 3.04 bits per heavy atom. The van der Waals surface area contributed by atoms with Gasteiger partial charge in [0.1, 0.15) is 11.2 Å². The van der Waals surface area contributed by atoms with Gasteiger partial charge in [0.15, 0.2) is 5.65 Å². The summed E-state index contributed by atoms with van der Waals surface area (Å²) in [5.41, 5.74) is 1.23. The van der Waals surface area contributed by atoms with E-state index in [1.54, 1.807) is 10.9 Å². The van der Waals surface area contributed by atoms with Crippen molar-refractivity contribution in [3.05, 3.63) is 65.1 Å². The molecule has 2 N–H and O–H groups in total. The van der Waals surface area contributed by atoms with Crippen molar-refractivity contribution in [2.45, 2.75) is 19.4 Å². The molecule has 0 radical (unpaired) electrons. The first kappa shape index (κ1) is 15.8. The summed E-state index contributed by atoms with van der Waals surface area (Å²) in [5.74, 6) is 2.08. The number of imidazole rings is 1. The van der Waals surface area contributed by atoms with Crippen molar-refractivity contribution in [2.24, 2.45) is 5.92 Å². The van der Waals surface area contributed by atoms with Crippen molar-refractivity contribution in [1.82, 2.24) is 29.3 Å². The molecule has 4 heterocycles. The smallest absolute Gasteiger partial charge is 0.263 e. The second kappa shape index (κ2) is 6.39. The third-order valence-electron chi connectivity index (χ3n) is 5.03. The van der Waals surface area contributed by atoms with Crippen LogP contribution in [0.25, 0.3) is 16.7 Å². The van der Waals surface area contributed by atoms with Crippen LogP contribution in [0.1, 0.15) is 12.2 Å². The lowest BCUT2D eigenvalue weighted by Gasteiger charge is -2.24. The molecule has 136 valence electrons. The van der Waals surface area contributed by atoms with Crippen molar-refractivity contribution in [3.8, 4) is 5.69 Å². The molecule has 1 aliphatic rings. The van der Waals surface area contributed by atoms with E-state index in [4.69, 9.17) is 0 Å². The van der Waals surface area contributed by atoms with Gasteiger partial charge in [-0.15, -0.1) is 0 Å². The number of aryl methyl sites for hydroxylation is 1. The quantitative estimate of drug-likeness (QED) is 0.580. The second-order valence-corrected chi connectivity index (χ2v) is 6.83. The molecule has 0 spiro atoms. The molecule has 0 saturated carbocycles. The van der Waals surface area contributed by atoms with E-state index in [0.29, 0.717) is 22.9 Å². The highest BCUT2D eigenvalue weighted by Crippen LogP contribution is 2.19. The predicted octanol–water partition coefficient (Wildman–Crippen LogP) is 1.98. The van der Waals surface area contributed by atoms with E-state index >= 15 is 0 Å². The van der Waals surface area contributed by atoms with Crippen LogP contribution in [0.15, 0.2) is 53.7 Å². The minimum Gasteiger partial charge on any atom is -0.355 e. The Morgan fingerprint density at radius 1 is 1.26 bits per heavy atom. The molecule has 4 aromatic rings. The van der Waals surface area contributed by atoms with E-state index in [0.717, 1.165) is 37.4 Å². The maximum absolute atomic E-state index is 12.4. The number of nitrogens with one attached hydrogen (secondary N) is 2. The highest BCUT2D eigenvalue weighted by Gasteiger charge is 2.19. The first-order valence-corrected chi connectivity index (χ1v) is 9.05. The van der Waals surface area contributed by atoms with E-state index in [-0.39, 0.29) is 5.56 Å². The molecule has 1 unspecified atom stereocenters. The highest BCUT2D eigenvalue weighted by molar-refractivity contribution is 5.76. The summed E-state index contributed by atoms with van der Waals surface area (Å²) in [6, 6.07) is 9.68. The topological polar surface area (TPSA) is 93.4 Å². The molecule has 8 nitrogen and oxygen atoms in total. The first-order chi connectivity index (χ1) is 13.3. The Balaban J connectivity index is 1.40. The molecule has 0 fully saturated rings. The SMILES string of the molecule is O=c1[nH]c(NCC2CCc3nccn3C2)nc2c1cnn2-c1ccccc1. The monoisotopic (exact) mass is 361 g/mol. The lowest BCUT2D eigenvalue weighted by Crippen LogP contribution is -2.27. The van der Waals surface area contributed by atoms with Gasteiger partial charge in [0.05, 0.1) is 11.9 Å². The maximum atomic E-state index is 12.4. The fourth-order valence-corrected chi connectivity index (χ4v) is 3.61. The number of benzene rings is 1. The fourth-order valence-electron chi connectivity index (χ4n) is 3.61. The summed E-state index contributed by atoms with van der Waals surface area (Å²) < 4.78 is 3.88. The molecule has 0 saturated heterocycles. The minimum absolute atomic E-state index is 0.190. The number of fused-ring (bicyclic) bond motifs is 2. The Hall–Kier alpha value is -3.42. The molecule has 1 aliphatic heterocycles. The molecule has 0 bridgehead atoms. The van der Waals surface area contributed by atoms with Crippen LogP contribution in [0.5, 0.6) is 0 Å². The molecular weight excluding hydrogens is 342 g/mol. The van der Waals surface area contributed by atoms with Crippen LogP contribution in [-0.4, -0.2) is 35.8 Å². The zero-order chi connectivity index (χ0) is 18.2. The number of para-hydroxylation sites is 1. The zero-order valence-electron chi connectivity index (χ0n) is 14.7. The third kappa shape index (κ3) is 2.88. The van der Waals surface area contributed by atoms with Crippen LogP contribution in [-0.2, 0) is 13.0 Å². The van der Waals surface area contributed by atoms with Crippen molar-refractivity contribution in [2.75, 3.05) is 11.9 Å². The molecule has 1 aromatic carbocycles. The van der Waals surface area contributed by atoms with Crippen LogP contribution in [0.2, 0.25) is 0 Å². The molecular formula is C19H19N7O. The van der Waals surface area contributed by atoms with Gasteiger partial charge in [0, 0.05) is 31.9 Å².